The van der Waals surface area contributed by atoms with Crippen molar-refractivity contribution in [2.24, 2.45) is 11.7 Å². The van der Waals surface area contributed by atoms with E-state index in [1.165, 1.54) is 0 Å². The third-order valence-electron chi connectivity index (χ3n) is 3.89. The number of rotatable bonds is 9. The number of nitrogens with two attached hydrogens (primary N) is 1. The summed E-state index contributed by atoms with van der Waals surface area (Å²) in [6.45, 7) is 7.73. The van der Waals surface area contributed by atoms with E-state index in [4.69, 9.17) is 5.73 Å². The molecule has 0 heterocycles. The Labute approximate surface area is 157 Å². The highest BCUT2D eigenvalue weighted by atomic mass is 35.5. The predicted molar refractivity (Wildman–Crippen MR) is 104 cm³/mol. The number of carbonyl (C=O) groups is 1. The molecule has 0 saturated heterocycles. The molecule has 1 aromatic rings. The standard InChI is InChI=1S/C17H29N3O3S.ClH/c1-5-13(4)16(18)17(21)19-10-14-8-6-7-9-15(14)11-24(22,23)20-12(2)3;/h6-9,12-13,16,20H,5,10-11,18H2,1-4H3,(H,19,21);1H. The average molecular weight is 392 g/mol. The topological polar surface area (TPSA) is 101 Å². The summed E-state index contributed by atoms with van der Waals surface area (Å²) >= 11 is 0. The molecule has 6 nitrogen and oxygen atoms in total. The number of amides is 1. The Morgan fingerprint density at radius 1 is 1.16 bits per heavy atom. The van der Waals surface area contributed by atoms with Crippen LogP contribution in [0.15, 0.2) is 24.3 Å². The third kappa shape index (κ3) is 8.18. The van der Waals surface area contributed by atoms with Gasteiger partial charge in [-0.1, -0.05) is 44.5 Å². The number of hydrogen-bond donors (Lipinski definition) is 3. The van der Waals surface area contributed by atoms with E-state index in [1.54, 1.807) is 26.0 Å². The Morgan fingerprint density at radius 3 is 2.24 bits per heavy atom. The molecular formula is C17H30ClN3O3S. The van der Waals surface area contributed by atoms with Crippen molar-refractivity contribution in [2.75, 3.05) is 0 Å². The molecule has 0 radical (unpaired) electrons. The van der Waals surface area contributed by atoms with Crippen LogP contribution in [-0.4, -0.2) is 26.4 Å². The summed E-state index contributed by atoms with van der Waals surface area (Å²) in [6.07, 6.45) is 0.824. The maximum Gasteiger partial charge on any atom is 0.237 e. The number of halogens is 1. The van der Waals surface area contributed by atoms with Gasteiger partial charge in [-0.2, -0.15) is 0 Å². The molecule has 2 unspecified atom stereocenters. The fourth-order valence-electron chi connectivity index (χ4n) is 2.29. The van der Waals surface area contributed by atoms with Crippen molar-refractivity contribution in [1.82, 2.24) is 10.0 Å². The zero-order chi connectivity index (χ0) is 18.3. The molecule has 1 amide bonds. The zero-order valence-electron chi connectivity index (χ0n) is 15.3. The first kappa shape index (κ1) is 23.9. The van der Waals surface area contributed by atoms with E-state index in [2.05, 4.69) is 10.0 Å². The minimum atomic E-state index is -3.42. The van der Waals surface area contributed by atoms with Gasteiger partial charge in [-0.3, -0.25) is 4.79 Å². The molecule has 0 aromatic heterocycles. The molecule has 0 bridgehead atoms. The van der Waals surface area contributed by atoms with Crippen molar-refractivity contribution >= 4 is 28.3 Å². The van der Waals surface area contributed by atoms with Crippen molar-refractivity contribution in [1.29, 1.82) is 0 Å². The Bertz CT molecular complexity index is 650. The molecule has 4 N–H and O–H groups in total. The van der Waals surface area contributed by atoms with Crippen molar-refractivity contribution in [2.45, 2.75) is 58.5 Å². The number of nitrogens with one attached hydrogen (secondary N) is 2. The van der Waals surface area contributed by atoms with Crippen molar-refractivity contribution in [3.8, 4) is 0 Å². The van der Waals surface area contributed by atoms with Gasteiger partial charge in [0.1, 0.15) is 0 Å². The quantitative estimate of drug-likeness (QED) is 0.598. The number of benzene rings is 1. The van der Waals surface area contributed by atoms with Gasteiger partial charge in [0.15, 0.2) is 0 Å². The summed E-state index contributed by atoms with van der Waals surface area (Å²) in [7, 11) is -3.42. The largest absolute Gasteiger partial charge is 0.351 e. The van der Waals surface area contributed by atoms with Crippen molar-refractivity contribution in [3.63, 3.8) is 0 Å². The number of carbonyl (C=O) groups excluding carboxylic acids is 1. The SMILES string of the molecule is CCC(C)C(N)C(=O)NCc1ccccc1CS(=O)(=O)NC(C)C.Cl. The molecule has 2 atom stereocenters. The fraction of sp³-hybridized carbons (Fsp3) is 0.588. The number of sulfonamides is 1. The molecule has 0 aliphatic rings. The molecule has 8 heteroatoms. The van der Waals surface area contributed by atoms with E-state index in [0.29, 0.717) is 5.56 Å². The Morgan fingerprint density at radius 2 is 1.72 bits per heavy atom. The lowest BCUT2D eigenvalue weighted by atomic mass is 9.99. The smallest absolute Gasteiger partial charge is 0.237 e. The Balaban J connectivity index is 0.00000576. The monoisotopic (exact) mass is 391 g/mol. The molecular weight excluding hydrogens is 362 g/mol. The van der Waals surface area contributed by atoms with Gasteiger partial charge < -0.3 is 11.1 Å². The van der Waals surface area contributed by atoms with E-state index < -0.39 is 16.1 Å². The van der Waals surface area contributed by atoms with E-state index >= 15 is 0 Å². The first-order valence-corrected chi connectivity index (χ1v) is 9.91. The first-order valence-electron chi connectivity index (χ1n) is 8.26. The van der Waals surface area contributed by atoms with Crippen LogP contribution in [0.2, 0.25) is 0 Å². The van der Waals surface area contributed by atoms with Crippen LogP contribution in [0.25, 0.3) is 0 Å². The van der Waals surface area contributed by atoms with Crippen LogP contribution in [0, 0.1) is 5.92 Å². The third-order valence-corrected chi connectivity index (χ3v) is 5.41. The van der Waals surface area contributed by atoms with Crippen LogP contribution in [0.3, 0.4) is 0 Å². The van der Waals surface area contributed by atoms with Crippen LogP contribution >= 0.6 is 12.4 Å². The predicted octanol–water partition coefficient (Wildman–Crippen LogP) is 1.93. The lowest BCUT2D eigenvalue weighted by Crippen LogP contribution is -2.44. The maximum atomic E-state index is 12.1. The summed E-state index contributed by atoms with van der Waals surface area (Å²) in [6, 6.07) is 6.47. The van der Waals surface area contributed by atoms with E-state index in [-0.39, 0.29) is 42.6 Å². The van der Waals surface area contributed by atoms with Crippen LogP contribution < -0.4 is 15.8 Å². The van der Waals surface area contributed by atoms with Gasteiger partial charge in [0.05, 0.1) is 11.8 Å². The highest BCUT2D eigenvalue weighted by molar-refractivity contribution is 7.88. The second-order valence-corrected chi connectivity index (χ2v) is 8.18. The van der Waals surface area contributed by atoms with Gasteiger partial charge in [0.2, 0.25) is 15.9 Å². The molecule has 0 saturated carbocycles. The van der Waals surface area contributed by atoms with Gasteiger partial charge in [0.25, 0.3) is 0 Å². The molecule has 0 aliphatic carbocycles. The number of hydrogen-bond acceptors (Lipinski definition) is 4. The molecule has 144 valence electrons. The van der Waals surface area contributed by atoms with Gasteiger partial charge in [-0.25, -0.2) is 13.1 Å². The van der Waals surface area contributed by atoms with Crippen LogP contribution in [0.1, 0.15) is 45.2 Å². The minimum absolute atomic E-state index is 0. The molecule has 1 rings (SSSR count). The summed E-state index contributed by atoms with van der Waals surface area (Å²) in [5.74, 6) is -0.243. The summed E-state index contributed by atoms with van der Waals surface area (Å²) in [5, 5.41) is 2.80. The highest BCUT2D eigenvalue weighted by Gasteiger charge is 2.20. The lowest BCUT2D eigenvalue weighted by Gasteiger charge is -2.18. The summed E-state index contributed by atoms with van der Waals surface area (Å²) in [5.41, 5.74) is 7.36. The Kier molecular flexibility index (Phi) is 10.3. The van der Waals surface area contributed by atoms with Crippen LogP contribution in [0.5, 0.6) is 0 Å². The van der Waals surface area contributed by atoms with Gasteiger partial charge >= 0.3 is 0 Å². The van der Waals surface area contributed by atoms with E-state index in [1.807, 2.05) is 26.0 Å². The van der Waals surface area contributed by atoms with Crippen molar-refractivity contribution in [3.05, 3.63) is 35.4 Å². The normalized spacial score (nSPS) is 13.8. The van der Waals surface area contributed by atoms with E-state index in [9.17, 15) is 13.2 Å². The second kappa shape index (κ2) is 10.8. The van der Waals surface area contributed by atoms with Crippen molar-refractivity contribution < 1.29 is 13.2 Å². The summed E-state index contributed by atoms with van der Waals surface area (Å²) < 4.78 is 26.8. The van der Waals surface area contributed by atoms with Gasteiger partial charge in [-0.05, 0) is 30.9 Å². The first-order chi connectivity index (χ1) is 11.2. The average Bonchev–Trinajstić information content (AvgIpc) is 2.50. The maximum absolute atomic E-state index is 12.1. The highest BCUT2D eigenvalue weighted by Crippen LogP contribution is 2.13. The molecule has 0 fully saturated rings. The summed E-state index contributed by atoms with van der Waals surface area (Å²) in [4.78, 5) is 12.1. The van der Waals surface area contributed by atoms with Gasteiger partial charge in [-0.15, -0.1) is 12.4 Å². The Hall–Kier alpha value is -1.15. The fourth-order valence-corrected chi connectivity index (χ4v) is 3.78. The van der Waals surface area contributed by atoms with Crippen LogP contribution in [0.4, 0.5) is 0 Å². The lowest BCUT2D eigenvalue weighted by molar-refractivity contribution is -0.123. The van der Waals surface area contributed by atoms with Crippen LogP contribution in [-0.2, 0) is 27.1 Å². The zero-order valence-corrected chi connectivity index (χ0v) is 16.9. The second-order valence-electron chi connectivity index (χ2n) is 6.43. The molecule has 25 heavy (non-hydrogen) atoms. The molecule has 0 aliphatic heterocycles. The minimum Gasteiger partial charge on any atom is -0.351 e. The molecule has 0 spiro atoms. The van der Waals surface area contributed by atoms with Gasteiger partial charge in [0, 0.05) is 12.6 Å². The van der Waals surface area contributed by atoms with E-state index in [0.717, 1.165) is 12.0 Å². The molecule has 1 aromatic carbocycles.